The van der Waals surface area contributed by atoms with Crippen molar-refractivity contribution in [2.45, 2.75) is 13.5 Å². The minimum Gasteiger partial charge on any atom is -0.297 e. The lowest BCUT2D eigenvalue weighted by Crippen LogP contribution is -2.46. The van der Waals surface area contributed by atoms with Crippen molar-refractivity contribution in [2.75, 3.05) is 32.7 Å². The molecule has 0 bridgehead atoms. The molecule has 3 heteroatoms. The number of nitrogens with zero attached hydrogens (tertiary/aromatic N) is 3. The van der Waals surface area contributed by atoms with Gasteiger partial charge >= 0.3 is 0 Å². The Morgan fingerprint density at radius 3 is 2.26 bits per heavy atom. The maximum absolute atomic E-state index is 8.78. The third-order valence-electron chi connectivity index (χ3n) is 3.45. The maximum Gasteiger partial charge on any atom is 0.0991 e. The van der Waals surface area contributed by atoms with Gasteiger partial charge in [-0.2, -0.15) is 5.26 Å². The van der Waals surface area contributed by atoms with Gasteiger partial charge in [-0.15, -0.1) is 0 Å². The van der Waals surface area contributed by atoms with Crippen molar-refractivity contribution >= 4 is 0 Å². The molecule has 0 aliphatic carbocycles. The molecule has 2 rings (SSSR count). The molecule has 0 spiro atoms. The molecule has 1 fully saturated rings. The van der Waals surface area contributed by atoms with E-state index in [2.05, 4.69) is 41.5 Å². The summed E-state index contributed by atoms with van der Waals surface area (Å²) in [4.78, 5) is 4.92. The van der Waals surface area contributed by atoms with Crippen molar-refractivity contribution in [3.63, 3.8) is 0 Å². The van der Waals surface area contributed by atoms with E-state index in [4.69, 9.17) is 5.26 Å². The van der Waals surface area contributed by atoms with Crippen molar-refractivity contribution < 1.29 is 0 Å². The quantitative estimate of drug-likeness (QED) is 0.773. The first kappa shape index (κ1) is 13.8. The minimum atomic E-state index is 0.732. The van der Waals surface area contributed by atoms with Crippen molar-refractivity contribution in [3.05, 3.63) is 47.5 Å². The van der Waals surface area contributed by atoms with E-state index in [1.165, 1.54) is 11.1 Å². The van der Waals surface area contributed by atoms with Crippen LogP contribution in [0, 0.1) is 11.3 Å². The Morgan fingerprint density at radius 2 is 1.74 bits per heavy atom. The summed E-state index contributed by atoms with van der Waals surface area (Å²) in [6.07, 6.45) is 0. The van der Waals surface area contributed by atoms with E-state index in [-0.39, 0.29) is 0 Å². The molecule has 1 aliphatic heterocycles. The van der Waals surface area contributed by atoms with Gasteiger partial charge in [0.25, 0.3) is 0 Å². The summed E-state index contributed by atoms with van der Waals surface area (Å²) in [5.41, 5.74) is 3.25. The van der Waals surface area contributed by atoms with E-state index >= 15 is 0 Å². The van der Waals surface area contributed by atoms with Crippen molar-refractivity contribution in [1.29, 1.82) is 5.26 Å². The zero-order chi connectivity index (χ0) is 13.7. The molecule has 19 heavy (non-hydrogen) atoms. The molecule has 1 aromatic rings. The van der Waals surface area contributed by atoms with Gasteiger partial charge in [-0.3, -0.25) is 9.80 Å². The monoisotopic (exact) mass is 255 g/mol. The fraction of sp³-hybridized carbons (Fsp3) is 0.438. The molecule has 3 nitrogen and oxygen atoms in total. The highest BCUT2D eigenvalue weighted by Gasteiger charge is 2.16. The van der Waals surface area contributed by atoms with Crippen LogP contribution in [0.5, 0.6) is 0 Å². The number of benzene rings is 1. The first-order valence-electron chi connectivity index (χ1n) is 6.75. The maximum atomic E-state index is 8.78. The Hall–Kier alpha value is -1.63. The van der Waals surface area contributed by atoms with Gasteiger partial charge in [-0.25, -0.2) is 0 Å². The van der Waals surface area contributed by atoms with Crippen LogP contribution < -0.4 is 0 Å². The number of hydrogen-bond acceptors (Lipinski definition) is 3. The Balaban J connectivity index is 1.82. The van der Waals surface area contributed by atoms with Crippen LogP contribution in [-0.4, -0.2) is 42.5 Å². The Bertz CT molecular complexity index is 462. The number of rotatable bonds is 4. The van der Waals surface area contributed by atoms with Gasteiger partial charge in [-0.1, -0.05) is 24.3 Å². The summed E-state index contributed by atoms with van der Waals surface area (Å²) < 4.78 is 0. The lowest BCUT2D eigenvalue weighted by Gasteiger charge is -2.34. The molecule has 0 unspecified atom stereocenters. The predicted octanol–water partition coefficient (Wildman–Crippen LogP) is 2.25. The van der Waals surface area contributed by atoms with Crippen LogP contribution >= 0.6 is 0 Å². The molecule has 0 radical (unpaired) electrons. The molecule has 1 saturated heterocycles. The Kier molecular flexibility index (Phi) is 4.73. The summed E-state index contributed by atoms with van der Waals surface area (Å²) in [7, 11) is 0. The van der Waals surface area contributed by atoms with E-state index in [0.717, 1.165) is 44.8 Å². The zero-order valence-electron chi connectivity index (χ0n) is 11.6. The number of nitriles is 1. The number of piperazine rings is 1. The standard InChI is InChI=1S/C16H21N3/c1-14(2)12-18-7-9-19(10-8-18)13-16-5-3-15(11-17)4-6-16/h3-6H,1,7-10,12-13H2,2H3. The van der Waals surface area contributed by atoms with Gasteiger partial charge in [0.1, 0.15) is 0 Å². The second-order valence-electron chi connectivity index (χ2n) is 5.32. The summed E-state index contributed by atoms with van der Waals surface area (Å²) in [5.74, 6) is 0. The van der Waals surface area contributed by atoms with Crippen LogP contribution in [0.3, 0.4) is 0 Å². The molecule has 1 heterocycles. The van der Waals surface area contributed by atoms with E-state index in [9.17, 15) is 0 Å². The molecular weight excluding hydrogens is 234 g/mol. The minimum absolute atomic E-state index is 0.732. The summed E-state index contributed by atoms with van der Waals surface area (Å²) in [6.45, 7) is 12.5. The van der Waals surface area contributed by atoms with Gasteiger partial charge in [0.2, 0.25) is 0 Å². The van der Waals surface area contributed by atoms with Crippen LogP contribution in [0.4, 0.5) is 0 Å². The van der Waals surface area contributed by atoms with Crippen LogP contribution in [0.2, 0.25) is 0 Å². The predicted molar refractivity (Wildman–Crippen MR) is 77.7 cm³/mol. The van der Waals surface area contributed by atoms with Crippen molar-refractivity contribution in [3.8, 4) is 6.07 Å². The molecular formula is C16H21N3. The first-order valence-corrected chi connectivity index (χ1v) is 6.75. The molecule has 1 aromatic carbocycles. The van der Waals surface area contributed by atoms with Gasteiger partial charge < -0.3 is 0 Å². The molecule has 0 amide bonds. The highest BCUT2D eigenvalue weighted by molar-refractivity contribution is 5.31. The third kappa shape index (κ3) is 4.20. The lowest BCUT2D eigenvalue weighted by atomic mass is 10.1. The van der Waals surface area contributed by atoms with E-state index < -0.39 is 0 Å². The average Bonchev–Trinajstić information content (AvgIpc) is 2.41. The largest absolute Gasteiger partial charge is 0.297 e. The summed E-state index contributed by atoms with van der Waals surface area (Å²) >= 11 is 0. The molecule has 1 aliphatic rings. The molecule has 100 valence electrons. The Morgan fingerprint density at radius 1 is 1.16 bits per heavy atom. The highest BCUT2D eigenvalue weighted by atomic mass is 15.3. The van der Waals surface area contributed by atoms with Crippen molar-refractivity contribution in [2.24, 2.45) is 0 Å². The fourth-order valence-corrected chi connectivity index (χ4v) is 2.43. The highest BCUT2D eigenvalue weighted by Crippen LogP contribution is 2.10. The van der Waals surface area contributed by atoms with Crippen molar-refractivity contribution in [1.82, 2.24) is 9.80 Å². The second-order valence-corrected chi connectivity index (χ2v) is 5.32. The third-order valence-corrected chi connectivity index (χ3v) is 3.45. The van der Waals surface area contributed by atoms with Gasteiger partial charge in [-0.05, 0) is 24.6 Å². The van der Waals surface area contributed by atoms with Gasteiger partial charge in [0, 0.05) is 39.3 Å². The van der Waals surface area contributed by atoms with Crippen LogP contribution in [0.1, 0.15) is 18.1 Å². The van der Waals surface area contributed by atoms with Crippen LogP contribution in [-0.2, 0) is 6.54 Å². The molecule has 0 aromatic heterocycles. The van der Waals surface area contributed by atoms with Crippen LogP contribution in [0.15, 0.2) is 36.4 Å². The molecule has 0 saturated carbocycles. The van der Waals surface area contributed by atoms with Gasteiger partial charge in [0.05, 0.1) is 11.6 Å². The van der Waals surface area contributed by atoms with Crippen LogP contribution in [0.25, 0.3) is 0 Å². The fourth-order valence-electron chi connectivity index (χ4n) is 2.43. The smallest absolute Gasteiger partial charge is 0.0991 e. The SMILES string of the molecule is C=C(C)CN1CCN(Cc2ccc(C#N)cc2)CC1. The average molecular weight is 255 g/mol. The topological polar surface area (TPSA) is 30.3 Å². The van der Waals surface area contributed by atoms with E-state index in [0.29, 0.717) is 0 Å². The van der Waals surface area contributed by atoms with Gasteiger partial charge in [0.15, 0.2) is 0 Å². The zero-order valence-corrected chi connectivity index (χ0v) is 11.6. The molecule has 0 atom stereocenters. The summed E-state index contributed by atoms with van der Waals surface area (Å²) in [6, 6.07) is 10.1. The first-order chi connectivity index (χ1) is 9.17. The normalized spacial score (nSPS) is 17.1. The summed E-state index contributed by atoms with van der Waals surface area (Å²) in [5, 5.41) is 8.78. The Labute approximate surface area is 115 Å². The number of hydrogen-bond donors (Lipinski definition) is 0. The van der Waals surface area contributed by atoms with E-state index in [1.54, 1.807) is 0 Å². The second kappa shape index (κ2) is 6.51. The lowest BCUT2D eigenvalue weighted by molar-refractivity contribution is 0.135. The van der Waals surface area contributed by atoms with E-state index in [1.807, 2.05) is 12.1 Å². The molecule has 0 N–H and O–H groups in total.